The molecule has 0 saturated carbocycles. The highest BCUT2D eigenvalue weighted by molar-refractivity contribution is 5.99. The number of oxazole rings is 1. The quantitative estimate of drug-likeness (QED) is 0.355. The van der Waals surface area contributed by atoms with Crippen LogP contribution in [0.15, 0.2) is 77.2 Å². The first-order chi connectivity index (χ1) is 14.7. The molecule has 4 aromatic rings. The van der Waals surface area contributed by atoms with Crippen LogP contribution in [0.5, 0.6) is 5.75 Å². The smallest absolute Gasteiger partial charge is 0.323 e. The van der Waals surface area contributed by atoms with Crippen LogP contribution in [-0.4, -0.2) is 17.6 Å². The van der Waals surface area contributed by atoms with Gasteiger partial charge in [-0.05, 0) is 67.1 Å². The van der Waals surface area contributed by atoms with Gasteiger partial charge in [0.1, 0.15) is 11.3 Å². The predicted molar refractivity (Wildman–Crippen MR) is 119 cm³/mol. The van der Waals surface area contributed by atoms with Crippen molar-refractivity contribution in [2.45, 2.75) is 19.8 Å². The Labute approximate surface area is 174 Å². The monoisotopic (exact) mass is 401 g/mol. The molecule has 2 N–H and O–H groups in total. The number of carbonyl (C=O) groups excluding carboxylic acids is 1. The van der Waals surface area contributed by atoms with Crippen molar-refractivity contribution in [3.63, 3.8) is 0 Å². The van der Waals surface area contributed by atoms with E-state index in [-0.39, 0.29) is 6.03 Å². The fourth-order valence-corrected chi connectivity index (χ4v) is 2.95. The molecule has 30 heavy (non-hydrogen) atoms. The van der Waals surface area contributed by atoms with Crippen LogP contribution in [0.2, 0.25) is 0 Å². The van der Waals surface area contributed by atoms with E-state index in [1.54, 1.807) is 0 Å². The van der Waals surface area contributed by atoms with Gasteiger partial charge in [-0.3, -0.25) is 0 Å². The SMILES string of the molecule is CCCCOc1ccc(NC(=O)Nc2ccc(-c3nc4ccccc4o3)cc2)cc1. The summed E-state index contributed by atoms with van der Waals surface area (Å²) in [6.07, 6.45) is 2.11. The van der Waals surface area contributed by atoms with Crippen molar-refractivity contribution in [3.05, 3.63) is 72.8 Å². The topological polar surface area (TPSA) is 76.4 Å². The lowest BCUT2D eigenvalue weighted by atomic mass is 10.2. The molecule has 0 bridgehead atoms. The Bertz CT molecular complexity index is 1090. The molecule has 0 aliphatic rings. The van der Waals surface area contributed by atoms with Crippen molar-refractivity contribution in [1.82, 2.24) is 4.98 Å². The van der Waals surface area contributed by atoms with Crippen LogP contribution in [0.1, 0.15) is 19.8 Å². The molecule has 1 heterocycles. The number of rotatable bonds is 7. The first-order valence-electron chi connectivity index (χ1n) is 9.98. The maximum atomic E-state index is 12.3. The number of ether oxygens (including phenoxy) is 1. The first-order valence-corrected chi connectivity index (χ1v) is 9.98. The van der Waals surface area contributed by atoms with Gasteiger partial charge in [0, 0.05) is 16.9 Å². The van der Waals surface area contributed by atoms with Crippen LogP contribution >= 0.6 is 0 Å². The van der Waals surface area contributed by atoms with E-state index in [0.717, 1.165) is 35.3 Å². The number of unbranched alkanes of at least 4 members (excludes halogenated alkanes) is 1. The third-order valence-electron chi connectivity index (χ3n) is 4.56. The Morgan fingerprint density at radius 3 is 2.27 bits per heavy atom. The molecule has 0 atom stereocenters. The van der Waals surface area contributed by atoms with Crippen molar-refractivity contribution in [3.8, 4) is 17.2 Å². The molecule has 0 radical (unpaired) electrons. The highest BCUT2D eigenvalue weighted by Gasteiger charge is 2.08. The predicted octanol–water partition coefficient (Wildman–Crippen LogP) is 6.32. The lowest BCUT2D eigenvalue weighted by Gasteiger charge is -2.09. The highest BCUT2D eigenvalue weighted by Crippen LogP contribution is 2.25. The molecule has 0 aliphatic heterocycles. The van der Waals surface area contributed by atoms with E-state index in [0.29, 0.717) is 23.9 Å². The van der Waals surface area contributed by atoms with Crippen molar-refractivity contribution >= 4 is 28.5 Å². The van der Waals surface area contributed by atoms with Crippen molar-refractivity contribution in [2.24, 2.45) is 0 Å². The van der Waals surface area contributed by atoms with Gasteiger partial charge in [0.15, 0.2) is 5.58 Å². The Kier molecular flexibility index (Phi) is 5.94. The average Bonchev–Trinajstić information content (AvgIpc) is 3.20. The fraction of sp³-hybridized carbons (Fsp3) is 0.167. The molecule has 6 heteroatoms. The molecular weight excluding hydrogens is 378 g/mol. The number of urea groups is 1. The summed E-state index contributed by atoms with van der Waals surface area (Å²) in [5.41, 5.74) is 3.77. The van der Waals surface area contributed by atoms with Crippen LogP contribution in [0, 0.1) is 0 Å². The Balaban J connectivity index is 1.34. The maximum Gasteiger partial charge on any atom is 0.323 e. The summed E-state index contributed by atoms with van der Waals surface area (Å²) in [6.45, 7) is 2.82. The lowest BCUT2D eigenvalue weighted by Crippen LogP contribution is -2.19. The maximum absolute atomic E-state index is 12.3. The van der Waals surface area contributed by atoms with Gasteiger partial charge in [-0.15, -0.1) is 0 Å². The van der Waals surface area contributed by atoms with E-state index in [2.05, 4.69) is 22.5 Å². The van der Waals surface area contributed by atoms with Gasteiger partial charge < -0.3 is 19.8 Å². The van der Waals surface area contributed by atoms with E-state index < -0.39 is 0 Å². The zero-order chi connectivity index (χ0) is 20.8. The largest absolute Gasteiger partial charge is 0.494 e. The number of fused-ring (bicyclic) bond motifs is 1. The van der Waals surface area contributed by atoms with Crippen LogP contribution in [-0.2, 0) is 0 Å². The molecule has 0 fully saturated rings. The molecule has 0 unspecified atom stereocenters. The third-order valence-corrected chi connectivity index (χ3v) is 4.56. The number of anilines is 2. The van der Waals surface area contributed by atoms with E-state index in [9.17, 15) is 4.79 Å². The molecule has 0 saturated heterocycles. The third kappa shape index (κ3) is 4.78. The molecular formula is C24H23N3O3. The van der Waals surface area contributed by atoms with E-state index >= 15 is 0 Å². The average molecular weight is 401 g/mol. The summed E-state index contributed by atoms with van der Waals surface area (Å²) < 4.78 is 11.4. The standard InChI is InChI=1S/C24H23N3O3/c1-2-3-16-29-20-14-12-19(13-15-20)26-24(28)25-18-10-8-17(9-11-18)23-27-21-6-4-5-7-22(21)30-23/h4-15H,2-3,16H2,1H3,(H2,25,26,28). The number of amides is 2. The number of carbonyl (C=O) groups is 1. The molecule has 2 amide bonds. The summed E-state index contributed by atoms with van der Waals surface area (Å²) in [4.78, 5) is 16.7. The van der Waals surface area contributed by atoms with Gasteiger partial charge in [0.2, 0.25) is 5.89 Å². The molecule has 6 nitrogen and oxygen atoms in total. The van der Waals surface area contributed by atoms with Gasteiger partial charge in [-0.25, -0.2) is 9.78 Å². The summed E-state index contributed by atoms with van der Waals surface area (Å²) >= 11 is 0. The van der Waals surface area contributed by atoms with Crippen LogP contribution in [0.3, 0.4) is 0 Å². The summed E-state index contributed by atoms with van der Waals surface area (Å²) in [6, 6.07) is 22.0. The number of nitrogens with zero attached hydrogens (tertiary/aromatic N) is 1. The second-order valence-electron chi connectivity index (χ2n) is 6.87. The molecule has 152 valence electrons. The fourth-order valence-electron chi connectivity index (χ4n) is 2.95. The molecule has 0 aliphatic carbocycles. The Hall–Kier alpha value is -3.80. The Morgan fingerprint density at radius 1 is 0.933 bits per heavy atom. The number of hydrogen-bond donors (Lipinski definition) is 2. The van der Waals surface area contributed by atoms with Crippen molar-refractivity contribution < 1.29 is 13.9 Å². The second kappa shape index (κ2) is 9.13. The number of para-hydroxylation sites is 2. The molecule has 3 aromatic carbocycles. The number of hydrogen-bond acceptors (Lipinski definition) is 4. The van der Waals surface area contributed by atoms with E-state index in [1.807, 2.05) is 72.8 Å². The summed E-state index contributed by atoms with van der Waals surface area (Å²) in [5, 5.41) is 5.63. The first kappa shape index (κ1) is 19.5. The molecule has 1 aromatic heterocycles. The van der Waals surface area contributed by atoms with Crippen LogP contribution < -0.4 is 15.4 Å². The minimum absolute atomic E-state index is 0.315. The number of nitrogens with one attached hydrogen (secondary N) is 2. The van der Waals surface area contributed by atoms with Crippen LogP contribution in [0.4, 0.5) is 16.2 Å². The van der Waals surface area contributed by atoms with Crippen molar-refractivity contribution in [1.29, 1.82) is 0 Å². The zero-order valence-corrected chi connectivity index (χ0v) is 16.7. The minimum Gasteiger partial charge on any atom is -0.494 e. The van der Waals surface area contributed by atoms with E-state index in [1.165, 1.54) is 0 Å². The lowest BCUT2D eigenvalue weighted by molar-refractivity contribution is 0.262. The van der Waals surface area contributed by atoms with Gasteiger partial charge in [0.05, 0.1) is 6.61 Å². The highest BCUT2D eigenvalue weighted by atomic mass is 16.5. The Morgan fingerprint density at radius 2 is 1.60 bits per heavy atom. The van der Waals surface area contributed by atoms with Gasteiger partial charge in [-0.1, -0.05) is 25.5 Å². The van der Waals surface area contributed by atoms with Gasteiger partial charge in [-0.2, -0.15) is 0 Å². The van der Waals surface area contributed by atoms with Gasteiger partial charge >= 0.3 is 6.03 Å². The van der Waals surface area contributed by atoms with Crippen LogP contribution in [0.25, 0.3) is 22.6 Å². The zero-order valence-electron chi connectivity index (χ0n) is 16.7. The molecule has 0 spiro atoms. The van der Waals surface area contributed by atoms with Crippen molar-refractivity contribution in [2.75, 3.05) is 17.2 Å². The number of aromatic nitrogens is 1. The van der Waals surface area contributed by atoms with Gasteiger partial charge in [0.25, 0.3) is 0 Å². The normalized spacial score (nSPS) is 10.7. The minimum atomic E-state index is -0.315. The van der Waals surface area contributed by atoms with E-state index in [4.69, 9.17) is 9.15 Å². The summed E-state index contributed by atoms with van der Waals surface area (Å²) in [5.74, 6) is 1.35. The second-order valence-corrected chi connectivity index (χ2v) is 6.87. The molecule has 4 rings (SSSR count). The summed E-state index contributed by atoms with van der Waals surface area (Å²) in [7, 11) is 0. The number of benzene rings is 3.